The quantitative estimate of drug-likeness (QED) is 0.468. The van der Waals surface area contributed by atoms with Crippen molar-refractivity contribution in [3.05, 3.63) is 50.7 Å². The van der Waals surface area contributed by atoms with Crippen LogP contribution in [0.4, 0.5) is 0 Å². The van der Waals surface area contributed by atoms with Crippen LogP contribution in [0.2, 0.25) is 5.02 Å². The van der Waals surface area contributed by atoms with Gasteiger partial charge in [-0.1, -0.05) is 25.4 Å². The maximum absolute atomic E-state index is 13.5. The highest BCUT2D eigenvalue weighted by Crippen LogP contribution is 2.35. The van der Waals surface area contributed by atoms with Crippen molar-refractivity contribution in [2.45, 2.75) is 52.5 Å². The Hall–Kier alpha value is -2.05. The molecule has 2 amide bonds. The number of hydrogen-bond donors (Lipinski definition) is 0. The summed E-state index contributed by atoms with van der Waals surface area (Å²) in [7, 11) is 0. The Morgan fingerprint density at radius 2 is 2.06 bits per heavy atom. The minimum Gasteiger partial charge on any atom is -0.491 e. The lowest BCUT2D eigenvalue weighted by atomic mass is 10.00. The first kappa shape index (κ1) is 24.1. The molecule has 7 heteroatoms. The van der Waals surface area contributed by atoms with E-state index in [1.165, 1.54) is 4.88 Å². The summed E-state index contributed by atoms with van der Waals surface area (Å²) >= 11 is 7.89. The number of carbonyl (C=O) groups excluding carboxylic acids is 2. The normalized spacial score (nSPS) is 17.7. The Morgan fingerprint density at radius 3 is 2.76 bits per heavy atom. The monoisotopic (exact) mass is 488 g/mol. The number of halogens is 1. The number of aryl methyl sites for hydroxylation is 1. The maximum atomic E-state index is 13.5. The van der Waals surface area contributed by atoms with Crippen LogP contribution in [-0.4, -0.2) is 47.9 Å². The summed E-state index contributed by atoms with van der Waals surface area (Å²) in [5.41, 5.74) is 2.12. The Balaban J connectivity index is 1.49. The molecule has 178 valence electrons. The van der Waals surface area contributed by atoms with Gasteiger partial charge in [0.1, 0.15) is 12.4 Å². The zero-order valence-corrected chi connectivity index (χ0v) is 21.3. The van der Waals surface area contributed by atoms with Gasteiger partial charge >= 0.3 is 0 Å². The second-order valence-electron chi connectivity index (χ2n) is 9.69. The zero-order valence-electron chi connectivity index (χ0n) is 19.7. The van der Waals surface area contributed by atoms with Crippen LogP contribution in [0.25, 0.3) is 0 Å². The van der Waals surface area contributed by atoms with E-state index in [4.69, 9.17) is 16.3 Å². The molecule has 1 aliphatic heterocycles. The Morgan fingerprint density at radius 1 is 1.27 bits per heavy atom. The fourth-order valence-electron chi connectivity index (χ4n) is 4.36. The van der Waals surface area contributed by atoms with Crippen LogP contribution < -0.4 is 4.74 Å². The Labute approximate surface area is 205 Å². The number of benzene rings is 1. The third kappa shape index (κ3) is 6.10. The number of thiophene rings is 1. The number of hydrogen-bond acceptors (Lipinski definition) is 4. The highest BCUT2D eigenvalue weighted by Gasteiger charge is 2.35. The molecule has 0 unspecified atom stereocenters. The SMILES string of the molecule is Cc1cc(OC[C@H]2c3ccsc3CCN2C(=O)CN(CC2CC2)C(=O)CC(C)C)ccc1Cl. The summed E-state index contributed by atoms with van der Waals surface area (Å²) < 4.78 is 6.14. The number of rotatable bonds is 9. The molecule has 0 radical (unpaired) electrons. The van der Waals surface area contributed by atoms with Crippen LogP contribution in [0.3, 0.4) is 0 Å². The molecule has 1 saturated carbocycles. The summed E-state index contributed by atoms with van der Waals surface area (Å²) in [6.07, 6.45) is 3.63. The van der Waals surface area contributed by atoms with Crippen molar-refractivity contribution >= 4 is 34.8 Å². The zero-order chi connectivity index (χ0) is 23.5. The van der Waals surface area contributed by atoms with Gasteiger partial charge in [-0.2, -0.15) is 0 Å². The van der Waals surface area contributed by atoms with Gasteiger partial charge in [0.05, 0.1) is 12.6 Å². The molecule has 1 aromatic heterocycles. The third-order valence-corrected chi connectivity index (χ3v) is 7.81. The summed E-state index contributed by atoms with van der Waals surface area (Å²) in [5.74, 6) is 1.66. The number of amides is 2. The van der Waals surface area contributed by atoms with Crippen molar-refractivity contribution in [3.63, 3.8) is 0 Å². The van der Waals surface area contributed by atoms with Gasteiger partial charge in [-0.15, -0.1) is 11.3 Å². The lowest BCUT2D eigenvalue weighted by Crippen LogP contribution is -2.48. The molecule has 0 N–H and O–H groups in total. The van der Waals surface area contributed by atoms with Crippen LogP contribution in [0.1, 0.15) is 55.2 Å². The van der Waals surface area contributed by atoms with E-state index in [0.717, 1.165) is 36.1 Å². The molecule has 0 spiro atoms. The molecule has 2 heterocycles. The Bertz CT molecular complexity index is 1000. The van der Waals surface area contributed by atoms with Crippen molar-refractivity contribution in [3.8, 4) is 5.75 Å². The minimum absolute atomic E-state index is 0.00509. The smallest absolute Gasteiger partial charge is 0.242 e. The predicted octanol–water partition coefficient (Wildman–Crippen LogP) is 5.50. The molecule has 4 rings (SSSR count). The highest BCUT2D eigenvalue weighted by atomic mass is 35.5. The van der Waals surface area contributed by atoms with Crippen molar-refractivity contribution in [2.75, 3.05) is 26.2 Å². The van der Waals surface area contributed by atoms with Gasteiger partial charge in [-0.3, -0.25) is 9.59 Å². The molecular formula is C26H33ClN2O3S. The van der Waals surface area contributed by atoms with E-state index in [1.807, 2.05) is 43.9 Å². The summed E-state index contributed by atoms with van der Waals surface area (Å²) in [5, 5.41) is 2.79. The largest absolute Gasteiger partial charge is 0.491 e. The standard InChI is InChI=1S/C26H33ClN2O3S/c1-17(2)12-25(30)28(14-19-4-5-19)15-26(31)29-10-8-24-21(9-11-33-24)23(29)16-32-20-6-7-22(27)18(3)13-20/h6-7,9,11,13,17,19,23H,4-5,8,10,12,14-16H2,1-3H3/t23-/m0/s1. The average molecular weight is 489 g/mol. The summed E-state index contributed by atoms with van der Waals surface area (Å²) in [4.78, 5) is 31.4. The van der Waals surface area contributed by atoms with Gasteiger partial charge in [0.15, 0.2) is 0 Å². The van der Waals surface area contributed by atoms with Crippen LogP contribution >= 0.6 is 22.9 Å². The van der Waals surface area contributed by atoms with Gasteiger partial charge in [-0.25, -0.2) is 0 Å². The number of fused-ring (bicyclic) bond motifs is 1. The van der Waals surface area contributed by atoms with Crippen LogP contribution in [0.5, 0.6) is 5.75 Å². The van der Waals surface area contributed by atoms with Crippen molar-refractivity contribution in [1.82, 2.24) is 9.80 Å². The lowest BCUT2D eigenvalue weighted by molar-refractivity contribution is -0.143. The second kappa shape index (κ2) is 10.5. The first-order valence-electron chi connectivity index (χ1n) is 11.8. The third-order valence-electron chi connectivity index (χ3n) is 6.39. The van der Waals surface area contributed by atoms with Gasteiger partial charge in [0.25, 0.3) is 0 Å². The average Bonchev–Trinajstić information content (AvgIpc) is 3.45. The number of nitrogens with zero attached hydrogens (tertiary/aromatic N) is 2. The number of ether oxygens (including phenoxy) is 1. The van der Waals surface area contributed by atoms with Gasteiger partial charge in [-0.05, 0) is 78.8 Å². The molecule has 5 nitrogen and oxygen atoms in total. The van der Waals surface area contributed by atoms with Crippen LogP contribution in [-0.2, 0) is 16.0 Å². The lowest BCUT2D eigenvalue weighted by Gasteiger charge is -2.37. The molecule has 33 heavy (non-hydrogen) atoms. The van der Waals surface area contributed by atoms with Crippen molar-refractivity contribution in [2.24, 2.45) is 11.8 Å². The first-order chi connectivity index (χ1) is 15.8. The van der Waals surface area contributed by atoms with E-state index in [2.05, 4.69) is 11.4 Å². The van der Waals surface area contributed by atoms with E-state index in [-0.39, 0.29) is 30.3 Å². The molecule has 1 atom stereocenters. The molecular weight excluding hydrogens is 456 g/mol. The molecule has 0 saturated heterocycles. The molecule has 1 aliphatic carbocycles. The first-order valence-corrected chi connectivity index (χ1v) is 13.1. The van der Waals surface area contributed by atoms with Gasteiger partial charge in [0.2, 0.25) is 11.8 Å². The highest BCUT2D eigenvalue weighted by molar-refractivity contribution is 7.10. The molecule has 1 fully saturated rings. The topological polar surface area (TPSA) is 49.9 Å². The second-order valence-corrected chi connectivity index (χ2v) is 11.1. The number of carbonyl (C=O) groups is 2. The van der Waals surface area contributed by atoms with E-state index in [9.17, 15) is 9.59 Å². The molecule has 2 aromatic rings. The fraction of sp³-hybridized carbons (Fsp3) is 0.538. The van der Waals surface area contributed by atoms with E-state index in [0.29, 0.717) is 37.1 Å². The van der Waals surface area contributed by atoms with Crippen LogP contribution in [0.15, 0.2) is 29.6 Å². The minimum atomic E-state index is -0.161. The molecule has 0 bridgehead atoms. The van der Waals surface area contributed by atoms with E-state index < -0.39 is 0 Å². The Kier molecular flexibility index (Phi) is 7.65. The van der Waals surface area contributed by atoms with E-state index >= 15 is 0 Å². The summed E-state index contributed by atoms with van der Waals surface area (Å²) in [6.45, 7) is 7.91. The van der Waals surface area contributed by atoms with E-state index in [1.54, 1.807) is 16.2 Å². The van der Waals surface area contributed by atoms with Crippen molar-refractivity contribution in [1.29, 1.82) is 0 Å². The van der Waals surface area contributed by atoms with Crippen LogP contribution in [0, 0.1) is 18.8 Å². The fourth-order valence-corrected chi connectivity index (χ4v) is 5.40. The van der Waals surface area contributed by atoms with Gasteiger partial charge < -0.3 is 14.5 Å². The molecule has 1 aromatic carbocycles. The van der Waals surface area contributed by atoms with Crippen molar-refractivity contribution < 1.29 is 14.3 Å². The van der Waals surface area contributed by atoms with Gasteiger partial charge in [0, 0.05) is 29.4 Å². The summed E-state index contributed by atoms with van der Waals surface area (Å²) in [6, 6.07) is 7.56. The maximum Gasteiger partial charge on any atom is 0.242 e. The predicted molar refractivity (Wildman–Crippen MR) is 133 cm³/mol. The molecule has 2 aliphatic rings.